The molecule has 0 fully saturated rings. The number of carbonyl (C=O) groups is 6. The van der Waals surface area contributed by atoms with Crippen LogP contribution in [0.25, 0.3) is 0 Å². The fraction of sp³-hybridized carbons (Fsp3) is 0. The van der Waals surface area contributed by atoms with Crippen LogP contribution < -0.4 is 9.80 Å². The third-order valence-corrected chi connectivity index (χ3v) is 8.10. The van der Waals surface area contributed by atoms with Gasteiger partial charge in [0.2, 0.25) is 0 Å². The predicted molar refractivity (Wildman–Crippen MR) is 153 cm³/mol. The molecule has 0 N–H and O–H groups in total. The first-order valence-corrected chi connectivity index (χ1v) is 13.5. The van der Waals surface area contributed by atoms with E-state index < -0.39 is 34.1 Å². The Morgan fingerprint density at radius 3 is 1.17 bits per heavy atom. The maximum atomic E-state index is 12.9. The fourth-order valence-corrected chi connectivity index (χ4v) is 5.71. The number of nitrogens with zero attached hydrogens (tertiary/aromatic N) is 2. The van der Waals surface area contributed by atoms with Crippen LogP contribution in [0.1, 0.15) is 62.1 Å². The first-order valence-electron chi connectivity index (χ1n) is 12.0. The van der Waals surface area contributed by atoms with Gasteiger partial charge in [0.1, 0.15) is 0 Å². The molecule has 0 saturated heterocycles. The van der Waals surface area contributed by atoms with E-state index >= 15 is 0 Å². The minimum Gasteiger partial charge on any atom is -0.276 e. The van der Waals surface area contributed by atoms with Crippen LogP contribution in [0.3, 0.4) is 0 Å². The summed E-state index contributed by atoms with van der Waals surface area (Å²) in [4.78, 5) is 78.3. The van der Waals surface area contributed by atoms with Crippen molar-refractivity contribution in [2.24, 2.45) is 0 Å². The number of amides is 4. The molecule has 0 aromatic heterocycles. The first-order chi connectivity index (χ1) is 19.6. The van der Waals surface area contributed by atoms with Gasteiger partial charge in [-0.05, 0) is 108 Å². The number of fused-ring (bicyclic) bond motifs is 2. The Labute approximate surface area is 246 Å². The van der Waals surface area contributed by atoms with E-state index in [0.717, 1.165) is 19.6 Å². The molecule has 4 aromatic carbocycles. The molecule has 200 valence electrons. The summed E-state index contributed by atoms with van der Waals surface area (Å²) in [6.45, 7) is 0. The summed E-state index contributed by atoms with van der Waals surface area (Å²) < 4.78 is 0. The van der Waals surface area contributed by atoms with Crippen LogP contribution in [0.15, 0.2) is 94.7 Å². The van der Waals surface area contributed by atoms with Gasteiger partial charge in [-0.15, -0.1) is 0 Å². The zero-order chi connectivity index (χ0) is 29.0. The van der Waals surface area contributed by atoms with Crippen LogP contribution in [-0.2, 0) is 0 Å². The standard InChI is InChI=1S/C30H14Cl2N2O6S/c31-25(35)15-1-11-21-23(13-15)29(39)33(27(21)37)17-3-7-19(8-4-17)41-20-9-5-18(6-10-20)34-28(38)22-12-2-16(26(32)36)14-24(22)30(34)40/h1-14H. The zero-order valence-electron chi connectivity index (χ0n) is 20.6. The number of benzene rings is 4. The molecule has 4 amide bonds. The maximum absolute atomic E-state index is 12.9. The first kappa shape index (κ1) is 26.6. The van der Waals surface area contributed by atoms with Crippen molar-refractivity contribution in [3.8, 4) is 0 Å². The van der Waals surface area contributed by atoms with Crippen molar-refractivity contribution in [2.45, 2.75) is 9.79 Å². The van der Waals surface area contributed by atoms with Crippen molar-refractivity contribution in [3.63, 3.8) is 0 Å². The molecule has 2 aliphatic heterocycles. The van der Waals surface area contributed by atoms with Gasteiger partial charge in [0.05, 0.1) is 33.6 Å². The van der Waals surface area contributed by atoms with Gasteiger partial charge in [-0.3, -0.25) is 28.8 Å². The van der Waals surface area contributed by atoms with Crippen molar-refractivity contribution in [3.05, 3.63) is 118 Å². The number of imide groups is 2. The highest BCUT2D eigenvalue weighted by molar-refractivity contribution is 7.99. The quantitative estimate of drug-likeness (QED) is 0.191. The maximum Gasteiger partial charge on any atom is 0.266 e. The average Bonchev–Trinajstić information content (AvgIpc) is 3.37. The van der Waals surface area contributed by atoms with Gasteiger partial charge >= 0.3 is 0 Å². The number of hydrogen-bond donors (Lipinski definition) is 0. The molecule has 0 aliphatic carbocycles. The smallest absolute Gasteiger partial charge is 0.266 e. The number of hydrogen-bond acceptors (Lipinski definition) is 7. The molecule has 0 atom stereocenters. The largest absolute Gasteiger partial charge is 0.276 e. The van der Waals surface area contributed by atoms with E-state index in [1.807, 2.05) is 0 Å². The number of carbonyl (C=O) groups excluding carboxylic acids is 6. The summed E-state index contributed by atoms with van der Waals surface area (Å²) in [7, 11) is 0. The Hall–Kier alpha value is -4.57. The van der Waals surface area contributed by atoms with Gasteiger partial charge in [0.25, 0.3) is 34.1 Å². The molecule has 2 heterocycles. The molecular formula is C30H14Cl2N2O6S. The summed E-state index contributed by atoms with van der Waals surface area (Å²) in [6, 6.07) is 21.9. The van der Waals surface area contributed by atoms with Crippen LogP contribution >= 0.6 is 35.0 Å². The van der Waals surface area contributed by atoms with E-state index in [1.54, 1.807) is 48.5 Å². The van der Waals surface area contributed by atoms with Gasteiger partial charge in [-0.1, -0.05) is 11.8 Å². The molecule has 0 spiro atoms. The normalized spacial score (nSPS) is 14.0. The molecule has 0 radical (unpaired) electrons. The summed E-state index contributed by atoms with van der Waals surface area (Å²) in [6.07, 6.45) is 0. The van der Waals surface area contributed by atoms with Crippen molar-refractivity contribution in [1.29, 1.82) is 0 Å². The minimum absolute atomic E-state index is 0.117. The molecule has 8 nitrogen and oxygen atoms in total. The summed E-state index contributed by atoms with van der Waals surface area (Å²) in [5.74, 6) is -2.07. The lowest BCUT2D eigenvalue weighted by atomic mass is 10.1. The van der Waals surface area contributed by atoms with Crippen LogP contribution in [0.2, 0.25) is 0 Å². The molecule has 4 aromatic rings. The van der Waals surface area contributed by atoms with Crippen molar-refractivity contribution in [2.75, 3.05) is 9.80 Å². The van der Waals surface area contributed by atoms with E-state index in [-0.39, 0.29) is 33.4 Å². The highest BCUT2D eigenvalue weighted by Gasteiger charge is 2.38. The van der Waals surface area contributed by atoms with Gasteiger partial charge in [0, 0.05) is 20.9 Å². The molecule has 6 rings (SSSR count). The van der Waals surface area contributed by atoms with Crippen LogP contribution in [0.4, 0.5) is 11.4 Å². The Bertz CT molecular complexity index is 1720. The second-order valence-corrected chi connectivity index (χ2v) is 10.9. The summed E-state index contributed by atoms with van der Waals surface area (Å²) in [5, 5.41) is -1.44. The lowest BCUT2D eigenvalue weighted by Gasteiger charge is -2.15. The Kier molecular flexibility index (Phi) is 6.57. The van der Waals surface area contributed by atoms with Gasteiger partial charge < -0.3 is 0 Å². The number of rotatable bonds is 6. The third kappa shape index (κ3) is 4.54. The van der Waals surface area contributed by atoms with Crippen molar-refractivity contribution >= 4 is 80.5 Å². The molecular weight excluding hydrogens is 587 g/mol. The van der Waals surface area contributed by atoms with Crippen molar-refractivity contribution in [1.82, 2.24) is 0 Å². The Morgan fingerprint density at radius 1 is 0.488 bits per heavy atom. The third-order valence-electron chi connectivity index (χ3n) is 6.65. The van der Waals surface area contributed by atoms with E-state index in [1.165, 1.54) is 48.2 Å². The van der Waals surface area contributed by atoms with E-state index in [2.05, 4.69) is 0 Å². The Balaban J connectivity index is 1.17. The molecule has 0 saturated carbocycles. The van der Waals surface area contributed by atoms with Gasteiger partial charge in [0.15, 0.2) is 0 Å². The lowest BCUT2D eigenvalue weighted by molar-refractivity contribution is 0.0910. The Morgan fingerprint density at radius 2 is 0.829 bits per heavy atom. The van der Waals surface area contributed by atoms with Gasteiger partial charge in [-0.2, -0.15) is 0 Å². The molecule has 41 heavy (non-hydrogen) atoms. The second kappa shape index (κ2) is 10.1. The van der Waals surface area contributed by atoms with Crippen molar-refractivity contribution < 1.29 is 28.8 Å². The second-order valence-electron chi connectivity index (χ2n) is 9.05. The SMILES string of the molecule is O=C(Cl)c1ccc2c(c1)C(=O)N(c1ccc(Sc3ccc(N4C(=O)c5ccc(C(=O)Cl)cc5C4=O)cc3)cc1)C2=O. The van der Waals surface area contributed by atoms with Gasteiger partial charge in [-0.25, -0.2) is 9.80 Å². The van der Waals surface area contributed by atoms with Crippen LogP contribution in [0.5, 0.6) is 0 Å². The average molecular weight is 601 g/mol. The fourth-order valence-electron chi connectivity index (χ4n) is 4.66. The molecule has 11 heteroatoms. The topological polar surface area (TPSA) is 109 Å². The van der Waals surface area contributed by atoms with E-state index in [0.29, 0.717) is 11.4 Å². The molecule has 2 aliphatic rings. The highest BCUT2D eigenvalue weighted by atomic mass is 35.5. The molecule has 0 bridgehead atoms. The minimum atomic E-state index is -0.719. The molecule has 0 unspecified atom stereocenters. The zero-order valence-corrected chi connectivity index (χ0v) is 22.9. The summed E-state index contributed by atoms with van der Waals surface area (Å²) >= 11 is 12.4. The summed E-state index contributed by atoms with van der Waals surface area (Å²) in [5.41, 5.74) is 1.63. The monoisotopic (exact) mass is 600 g/mol. The van der Waals surface area contributed by atoms with Crippen LogP contribution in [-0.4, -0.2) is 34.1 Å². The number of halogens is 2. The predicted octanol–water partition coefficient (Wildman–Crippen LogP) is 6.20. The van der Waals surface area contributed by atoms with Crippen LogP contribution in [0, 0.1) is 0 Å². The lowest BCUT2D eigenvalue weighted by Crippen LogP contribution is -2.29. The number of anilines is 2. The van der Waals surface area contributed by atoms with E-state index in [4.69, 9.17) is 23.2 Å². The highest BCUT2D eigenvalue weighted by Crippen LogP contribution is 2.35. The van der Waals surface area contributed by atoms with E-state index in [9.17, 15) is 28.8 Å².